The molecule has 0 spiro atoms. The van der Waals surface area contributed by atoms with Crippen LogP contribution in [0.3, 0.4) is 0 Å². The van der Waals surface area contributed by atoms with Crippen molar-refractivity contribution in [2.45, 2.75) is 38.0 Å². The highest BCUT2D eigenvalue weighted by Gasteiger charge is 2.28. The molecule has 0 aliphatic carbocycles. The Morgan fingerprint density at radius 2 is 1.95 bits per heavy atom. The molecule has 0 aliphatic heterocycles. The Hall–Kier alpha value is -1.28. The van der Waals surface area contributed by atoms with E-state index in [2.05, 4.69) is 17.6 Å². The predicted octanol–water partition coefficient (Wildman–Crippen LogP) is 2.09. The van der Waals surface area contributed by atoms with E-state index in [0.717, 1.165) is 30.6 Å². The zero-order valence-corrected chi connectivity index (χ0v) is 14.3. The Balaban J connectivity index is 3.18. The summed E-state index contributed by atoms with van der Waals surface area (Å²) in [5, 5.41) is 6.05. The maximum absolute atomic E-state index is 12.2. The SMILES string of the molecule is CCCCCNc1sc(C(=O)NC)c(N)c1S(=O)(=O)CC. The number of rotatable bonds is 8. The van der Waals surface area contributed by atoms with Gasteiger partial charge in [0.2, 0.25) is 0 Å². The second kappa shape index (κ2) is 7.65. The number of hydrogen-bond donors (Lipinski definition) is 3. The van der Waals surface area contributed by atoms with Gasteiger partial charge in [-0.2, -0.15) is 0 Å². The third kappa shape index (κ3) is 4.10. The van der Waals surface area contributed by atoms with Gasteiger partial charge >= 0.3 is 0 Å². The van der Waals surface area contributed by atoms with Gasteiger partial charge < -0.3 is 16.4 Å². The Labute approximate surface area is 130 Å². The summed E-state index contributed by atoms with van der Waals surface area (Å²) in [4.78, 5) is 12.1. The largest absolute Gasteiger partial charge is 0.396 e. The van der Waals surface area contributed by atoms with Gasteiger partial charge in [-0.15, -0.1) is 11.3 Å². The number of thiophene rings is 1. The Morgan fingerprint density at radius 1 is 1.29 bits per heavy atom. The van der Waals surface area contributed by atoms with Crippen LogP contribution in [0.15, 0.2) is 4.90 Å². The van der Waals surface area contributed by atoms with E-state index in [9.17, 15) is 13.2 Å². The number of hydrogen-bond acceptors (Lipinski definition) is 6. The highest BCUT2D eigenvalue weighted by Crippen LogP contribution is 2.39. The zero-order chi connectivity index (χ0) is 16.0. The molecule has 1 amide bonds. The third-order valence-electron chi connectivity index (χ3n) is 3.09. The lowest BCUT2D eigenvalue weighted by molar-refractivity contribution is 0.0968. The first kappa shape index (κ1) is 17.8. The van der Waals surface area contributed by atoms with Crippen LogP contribution in [-0.4, -0.2) is 33.7 Å². The fourth-order valence-electron chi connectivity index (χ4n) is 1.86. The van der Waals surface area contributed by atoms with Crippen LogP contribution in [0.2, 0.25) is 0 Å². The Bertz CT molecular complexity index is 594. The van der Waals surface area contributed by atoms with Crippen molar-refractivity contribution < 1.29 is 13.2 Å². The van der Waals surface area contributed by atoms with Gasteiger partial charge in [-0.3, -0.25) is 4.79 Å². The third-order valence-corrected chi connectivity index (χ3v) is 6.19. The monoisotopic (exact) mass is 333 g/mol. The minimum atomic E-state index is -3.48. The standard InChI is InChI=1S/C13H23N3O3S2/c1-4-6-7-8-16-13-11(21(18,19)5-2)9(14)10(20-13)12(17)15-3/h16H,4-8,14H2,1-3H3,(H,15,17). The fourth-order valence-corrected chi connectivity index (χ4v) is 4.50. The Morgan fingerprint density at radius 3 is 2.48 bits per heavy atom. The lowest BCUT2D eigenvalue weighted by atomic mass is 10.2. The van der Waals surface area contributed by atoms with Crippen LogP contribution in [0, 0.1) is 0 Å². The molecule has 0 radical (unpaired) electrons. The average Bonchev–Trinajstić information content (AvgIpc) is 2.80. The zero-order valence-electron chi connectivity index (χ0n) is 12.7. The van der Waals surface area contributed by atoms with Gasteiger partial charge in [0.25, 0.3) is 5.91 Å². The fraction of sp³-hybridized carbons (Fsp3) is 0.615. The number of nitrogens with two attached hydrogens (primary N) is 1. The first-order chi connectivity index (χ1) is 9.88. The van der Waals surface area contributed by atoms with E-state index >= 15 is 0 Å². The number of nitrogens with one attached hydrogen (secondary N) is 2. The van der Waals surface area contributed by atoms with E-state index < -0.39 is 9.84 Å². The summed E-state index contributed by atoms with van der Waals surface area (Å²) in [6.07, 6.45) is 3.08. The van der Waals surface area contributed by atoms with Crippen LogP contribution in [0.25, 0.3) is 0 Å². The maximum Gasteiger partial charge on any atom is 0.263 e. The summed E-state index contributed by atoms with van der Waals surface area (Å²) in [6, 6.07) is 0. The van der Waals surface area contributed by atoms with Gasteiger partial charge in [0.1, 0.15) is 14.8 Å². The summed E-state index contributed by atoms with van der Waals surface area (Å²) < 4.78 is 24.4. The average molecular weight is 333 g/mol. The number of anilines is 2. The van der Waals surface area contributed by atoms with Crippen molar-refractivity contribution >= 4 is 37.8 Å². The van der Waals surface area contributed by atoms with Crippen LogP contribution in [0.4, 0.5) is 10.7 Å². The molecule has 8 heteroatoms. The van der Waals surface area contributed by atoms with Crippen LogP contribution in [0.5, 0.6) is 0 Å². The van der Waals surface area contributed by atoms with Gasteiger partial charge in [-0.05, 0) is 6.42 Å². The molecule has 0 atom stereocenters. The van der Waals surface area contributed by atoms with Crippen molar-refractivity contribution in [2.24, 2.45) is 0 Å². The van der Waals surface area contributed by atoms with Gasteiger partial charge in [-0.25, -0.2) is 8.42 Å². The van der Waals surface area contributed by atoms with Crippen molar-refractivity contribution in [2.75, 3.05) is 30.4 Å². The molecule has 1 heterocycles. The van der Waals surface area contributed by atoms with Crippen molar-refractivity contribution in [3.8, 4) is 0 Å². The quantitative estimate of drug-likeness (QED) is 0.632. The summed E-state index contributed by atoms with van der Waals surface area (Å²) in [5.74, 6) is -0.420. The maximum atomic E-state index is 12.2. The van der Waals surface area contributed by atoms with Crippen molar-refractivity contribution in [1.29, 1.82) is 0 Å². The van der Waals surface area contributed by atoms with E-state index in [-0.39, 0.29) is 27.1 Å². The van der Waals surface area contributed by atoms with Crippen LogP contribution in [-0.2, 0) is 9.84 Å². The molecule has 0 saturated heterocycles. The Kier molecular flexibility index (Phi) is 6.47. The van der Waals surface area contributed by atoms with E-state index in [4.69, 9.17) is 5.73 Å². The van der Waals surface area contributed by atoms with Gasteiger partial charge in [0.05, 0.1) is 11.4 Å². The van der Waals surface area contributed by atoms with Gasteiger partial charge in [-0.1, -0.05) is 26.7 Å². The summed E-state index contributed by atoms with van der Waals surface area (Å²) in [5.41, 5.74) is 5.94. The van der Waals surface area contributed by atoms with E-state index in [1.165, 1.54) is 7.05 Å². The summed E-state index contributed by atoms with van der Waals surface area (Å²) in [7, 11) is -1.99. The van der Waals surface area contributed by atoms with Crippen molar-refractivity contribution in [3.63, 3.8) is 0 Å². The molecule has 120 valence electrons. The normalized spacial score (nSPS) is 11.4. The molecule has 1 rings (SSSR count). The highest BCUT2D eigenvalue weighted by atomic mass is 32.2. The number of amides is 1. The first-order valence-electron chi connectivity index (χ1n) is 6.99. The molecular formula is C13H23N3O3S2. The van der Waals surface area contributed by atoms with E-state index in [1.807, 2.05) is 0 Å². The molecule has 0 bridgehead atoms. The van der Waals surface area contributed by atoms with Crippen LogP contribution < -0.4 is 16.4 Å². The molecule has 0 aliphatic rings. The topological polar surface area (TPSA) is 101 Å². The van der Waals surface area contributed by atoms with Crippen molar-refractivity contribution in [3.05, 3.63) is 4.88 Å². The first-order valence-corrected chi connectivity index (χ1v) is 9.46. The molecule has 0 fully saturated rings. The molecule has 1 aromatic heterocycles. The molecule has 0 aromatic carbocycles. The second-order valence-electron chi connectivity index (χ2n) is 4.62. The van der Waals surface area contributed by atoms with Crippen molar-refractivity contribution in [1.82, 2.24) is 5.32 Å². The summed E-state index contributed by atoms with van der Waals surface area (Å²) >= 11 is 1.09. The number of unbranched alkanes of at least 4 members (excludes halogenated alkanes) is 2. The molecule has 4 N–H and O–H groups in total. The predicted molar refractivity (Wildman–Crippen MR) is 87.9 cm³/mol. The molecule has 21 heavy (non-hydrogen) atoms. The highest BCUT2D eigenvalue weighted by molar-refractivity contribution is 7.91. The lowest BCUT2D eigenvalue weighted by Crippen LogP contribution is -2.18. The van der Waals surface area contributed by atoms with E-state index in [0.29, 0.717) is 11.5 Å². The molecular weight excluding hydrogens is 310 g/mol. The molecule has 0 saturated carbocycles. The smallest absolute Gasteiger partial charge is 0.263 e. The number of carbonyl (C=O) groups is 1. The van der Waals surface area contributed by atoms with Gasteiger partial charge in [0, 0.05) is 13.6 Å². The number of sulfone groups is 1. The van der Waals surface area contributed by atoms with Crippen LogP contribution >= 0.6 is 11.3 Å². The lowest BCUT2D eigenvalue weighted by Gasteiger charge is -2.07. The van der Waals surface area contributed by atoms with Gasteiger partial charge in [0.15, 0.2) is 9.84 Å². The van der Waals surface area contributed by atoms with E-state index in [1.54, 1.807) is 6.92 Å². The number of carbonyl (C=O) groups excluding carboxylic acids is 1. The minimum absolute atomic E-state index is 0.0409. The number of nitrogen functional groups attached to an aromatic ring is 1. The molecule has 0 unspecified atom stereocenters. The molecule has 6 nitrogen and oxygen atoms in total. The van der Waals surface area contributed by atoms with Crippen LogP contribution in [0.1, 0.15) is 42.8 Å². The second-order valence-corrected chi connectivity index (χ2v) is 7.86. The molecule has 1 aromatic rings. The minimum Gasteiger partial charge on any atom is -0.396 e. The summed E-state index contributed by atoms with van der Waals surface area (Å²) in [6.45, 7) is 4.32.